The summed E-state index contributed by atoms with van der Waals surface area (Å²) < 4.78 is 1.85. The van der Waals surface area contributed by atoms with Crippen molar-refractivity contribution in [2.45, 2.75) is 32.2 Å². The standard InChI is InChI=1S/C16H23N3/c1-16(2,3)13-9-7-6-8-12(13)15(17-4)14-10-11-19(5)18-14/h6-11,15,17H,1-5H3. The SMILES string of the molecule is CNC(c1ccn(C)n1)c1ccccc1C(C)(C)C. The minimum atomic E-state index is 0.125. The van der Waals surface area contributed by atoms with Crippen LogP contribution in [0, 0.1) is 0 Å². The van der Waals surface area contributed by atoms with Crippen molar-refractivity contribution in [2.24, 2.45) is 7.05 Å². The lowest BCUT2D eigenvalue weighted by molar-refractivity contribution is 0.561. The molecule has 0 amide bonds. The summed E-state index contributed by atoms with van der Waals surface area (Å²) in [4.78, 5) is 0. The lowest BCUT2D eigenvalue weighted by Crippen LogP contribution is -2.23. The van der Waals surface area contributed by atoms with Crippen LogP contribution in [0.1, 0.15) is 43.6 Å². The average Bonchev–Trinajstić information content (AvgIpc) is 2.76. The van der Waals surface area contributed by atoms with E-state index in [1.165, 1.54) is 11.1 Å². The number of aryl methyl sites for hydroxylation is 1. The molecule has 2 aromatic rings. The first-order chi connectivity index (χ1) is 8.93. The molecule has 0 aliphatic rings. The summed E-state index contributed by atoms with van der Waals surface area (Å²) in [5.41, 5.74) is 3.85. The molecule has 3 heteroatoms. The maximum absolute atomic E-state index is 4.54. The quantitative estimate of drug-likeness (QED) is 0.916. The number of nitrogens with one attached hydrogen (secondary N) is 1. The zero-order valence-electron chi connectivity index (χ0n) is 12.4. The third-order valence-electron chi connectivity index (χ3n) is 3.40. The van der Waals surface area contributed by atoms with Crippen molar-refractivity contribution >= 4 is 0 Å². The number of benzene rings is 1. The van der Waals surface area contributed by atoms with Gasteiger partial charge in [0.05, 0.1) is 11.7 Å². The van der Waals surface area contributed by atoms with Gasteiger partial charge in [-0.3, -0.25) is 4.68 Å². The highest BCUT2D eigenvalue weighted by atomic mass is 15.3. The summed E-state index contributed by atoms with van der Waals surface area (Å²) in [5.74, 6) is 0. The minimum absolute atomic E-state index is 0.125. The summed E-state index contributed by atoms with van der Waals surface area (Å²) in [5, 5.41) is 7.92. The van der Waals surface area contributed by atoms with Crippen molar-refractivity contribution in [1.29, 1.82) is 0 Å². The first-order valence-corrected chi connectivity index (χ1v) is 6.69. The van der Waals surface area contributed by atoms with Crippen LogP contribution in [0.25, 0.3) is 0 Å². The Labute approximate surface area is 115 Å². The molecule has 1 atom stereocenters. The second-order valence-corrected chi connectivity index (χ2v) is 5.97. The van der Waals surface area contributed by atoms with E-state index in [9.17, 15) is 0 Å². The Morgan fingerprint density at radius 3 is 2.37 bits per heavy atom. The van der Waals surface area contributed by atoms with E-state index in [1.807, 2.05) is 25.0 Å². The van der Waals surface area contributed by atoms with Gasteiger partial charge in [-0.15, -0.1) is 0 Å². The lowest BCUT2D eigenvalue weighted by atomic mass is 9.81. The van der Waals surface area contributed by atoms with Gasteiger partial charge in [-0.1, -0.05) is 45.0 Å². The zero-order chi connectivity index (χ0) is 14.0. The first kappa shape index (κ1) is 13.8. The second kappa shape index (κ2) is 5.17. The molecule has 102 valence electrons. The molecule has 0 radical (unpaired) electrons. The van der Waals surface area contributed by atoms with E-state index in [0.717, 1.165) is 5.69 Å². The lowest BCUT2D eigenvalue weighted by Gasteiger charge is -2.26. The predicted molar refractivity (Wildman–Crippen MR) is 79.3 cm³/mol. The van der Waals surface area contributed by atoms with Crippen molar-refractivity contribution in [3.8, 4) is 0 Å². The third-order valence-corrected chi connectivity index (χ3v) is 3.40. The van der Waals surface area contributed by atoms with E-state index in [2.05, 4.69) is 61.5 Å². The number of nitrogens with zero attached hydrogens (tertiary/aromatic N) is 2. The van der Waals surface area contributed by atoms with E-state index in [4.69, 9.17) is 0 Å². The van der Waals surface area contributed by atoms with Gasteiger partial charge in [0.25, 0.3) is 0 Å². The average molecular weight is 257 g/mol. The summed E-state index contributed by atoms with van der Waals surface area (Å²) in [7, 11) is 3.94. The van der Waals surface area contributed by atoms with Crippen LogP contribution in [0.2, 0.25) is 0 Å². The van der Waals surface area contributed by atoms with Gasteiger partial charge in [-0.2, -0.15) is 5.10 Å². The molecule has 0 saturated heterocycles. The minimum Gasteiger partial charge on any atom is -0.308 e. The van der Waals surface area contributed by atoms with Gasteiger partial charge in [0.2, 0.25) is 0 Å². The summed E-state index contributed by atoms with van der Waals surface area (Å²) >= 11 is 0. The third kappa shape index (κ3) is 2.87. The second-order valence-electron chi connectivity index (χ2n) is 5.97. The smallest absolute Gasteiger partial charge is 0.0839 e. The highest BCUT2D eigenvalue weighted by Gasteiger charge is 2.23. The highest BCUT2D eigenvalue weighted by molar-refractivity contribution is 5.38. The van der Waals surface area contributed by atoms with Gasteiger partial charge in [-0.05, 0) is 29.7 Å². The topological polar surface area (TPSA) is 29.9 Å². The van der Waals surface area contributed by atoms with E-state index < -0.39 is 0 Å². The molecule has 0 saturated carbocycles. The van der Waals surface area contributed by atoms with Crippen LogP contribution in [-0.4, -0.2) is 16.8 Å². The Morgan fingerprint density at radius 2 is 1.84 bits per heavy atom. The molecule has 19 heavy (non-hydrogen) atoms. The van der Waals surface area contributed by atoms with Crippen molar-refractivity contribution in [3.63, 3.8) is 0 Å². The van der Waals surface area contributed by atoms with Crippen LogP contribution < -0.4 is 5.32 Å². The van der Waals surface area contributed by atoms with E-state index in [1.54, 1.807) is 0 Å². The Balaban J connectivity index is 2.50. The Hall–Kier alpha value is -1.61. The van der Waals surface area contributed by atoms with E-state index >= 15 is 0 Å². The zero-order valence-corrected chi connectivity index (χ0v) is 12.4. The van der Waals surface area contributed by atoms with Gasteiger partial charge < -0.3 is 5.32 Å². The molecule has 1 N–H and O–H groups in total. The summed E-state index contributed by atoms with van der Waals surface area (Å²) in [6, 6.07) is 10.8. The normalized spacial score (nSPS) is 13.5. The molecule has 0 aliphatic carbocycles. The molecule has 0 spiro atoms. The maximum atomic E-state index is 4.54. The predicted octanol–water partition coefficient (Wildman–Crippen LogP) is 3.03. The first-order valence-electron chi connectivity index (χ1n) is 6.69. The summed E-state index contributed by atoms with van der Waals surface area (Å²) in [6.07, 6.45) is 1.99. The molecular weight excluding hydrogens is 234 g/mol. The molecule has 2 rings (SSSR count). The highest BCUT2D eigenvalue weighted by Crippen LogP contribution is 2.31. The van der Waals surface area contributed by atoms with Crippen LogP contribution >= 0.6 is 0 Å². The Morgan fingerprint density at radius 1 is 1.16 bits per heavy atom. The molecule has 0 fully saturated rings. The van der Waals surface area contributed by atoms with Crippen LogP contribution in [0.5, 0.6) is 0 Å². The maximum Gasteiger partial charge on any atom is 0.0839 e. The van der Waals surface area contributed by atoms with Crippen molar-refractivity contribution in [1.82, 2.24) is 15.1 Å². The molecule has 3 nitrogen and oxygen atoms in total. The molecule has 1 unspecified atom stereocenters. The molecule has 0 aliphatic heterocycles. The molecular formula is C16H23N3. The fourth-order valence-electron chi connectivity index (χ4n) is 2.48. The molecule has 0 bridgehead atoms. The fourth-order valence-corrected chi connectivity index (χ4v) is 2.48. The number of hydrogen-bond acceptors (Lipinski definition) is 2. The van der Waals surface area contributed by atoms with Gasteiger partial charge in [0.1, 0.15) is 0 Å². The largest absolute Gasteiger partial charge is 0.308 e. The monoisotopic (exact) mass is 257 g/mol. The van der Waals surface area contributed by atoms with Crippen LogP contribution in [0.15, 0.2) is 36.5 Å². The van der Waals surface area contributed by atoms with Crippen molar-refractivity contribution in [3.05, 3.63) is 53.3 Å². The van der Waals surface area contributed by atoms with Crippen LogP contribution in [0.4, 0.5) is 0 Å². The Bertz CT molecular complexity index is 549. The van der Waals surface area contributed by atoms with E-state index in [-0.39, 0.29) is 11.5 Å². The number of hydrogen-bond donors (Lipinski definition) is 1. The number of aromatic nitrogens is 2. The molecule has 1 heterocycles. The van der Waals surface area contributed by atoms with Crippen molar-refractivity contribution < 1.29 is 0 Å². The van der Waals surface area contributed by atoms with Gasteiger partial charge >= 0.3 is 0 Å². The fraction of sp³-hybridized carbons (Fsp3) is 0.438. The number of rotatable bonds is 3. The van der Waals surface area contributed by atoms with E-state index in [0.29, 0.717) is 0 Å². The Kier molecular flexibility index (Phi) is 3.76. The molecule has 1 aromatic heterocycles. The van der Waals surface area contributed by atoms with Gasteiger partial charge in [-0.25, -0.2) is 0 Å². The molecule has 1 aromatic carbocycles. The van der Waals surface area contributed by atoms with Crippen LogP contribution in [-0.2, 0) is 12.5 Å². The van der Waals surface area contributed by atoms with Gasteiger partial charge in [0.15, 0.2) is 0 Å². The summed E-state index contributed by atoms with van der Waals surface area (Å²) in [6.45, 7) is 6.74. The van der Waals surface area contributed by atoms with Crippen LogP contribution in [0.3, 0.4) is 0 Å². The van der Waals surface area contributed by atoms with Gasteiger partial charge in [0, 0.05) is 13.2 Å². The van der Waals surface area contributed by atoms with Crippen molar-refractivity contribution in [2.75, 3.05) is 7.05 Å².